The molecule has 4 aliphatic heterocycles. The fraction of sp³-hybridized carbons (Fsp3) is 0.438. The standard InChI is InChI=1S/C16H20FN3O5.C16H18FN3O3/c1-9(21)18-5-11-6-20(16(24)25-11)10-2-3-13(12(17)4-10)19-7-14(22)15(23)8-19;1-11(21)18-9-13-10-20(16(22)23-13)12-4-5-15(14(17)8-12)19-6-2-3-7-19/h2-4,11,14-15,22-23H,5-8H2,1H3,(H,18,21);2-5,8,13H,6-7,9-10H2,1H3,(H,18,21)/t11-,14?,15?;13-/m00/s1. The van der Waals surface area contributed by atoms with Crippen molar-refractivity contribution in [1.29, 1.82) is 0 Å². The Balaban J connectivity index is 0.000000188. The highest BCUT2D eigenvalue weighted by atomic mass is 19.1. The number of aliphatic hydroxyl groups excluding tert-OH is 2. The minimum absolute atomic E-state index is 0.141. The Labute approximate surface area is 275 Å². The van der Waals surface area contributed by atoms with Crippen LogP contribution in [-0.4, -0.2) is 111 Å². The van der Waals surface area contributed by atoms with E-state index in [0.717, 1.165) is 0 Å². The third kappa shape index (κ3) is 8.12. The van der Waals surface area contributed by atoms with E-state index >= 15 is 0 Å². The number of nitrogens with zero attached hydrogens (tertiary/aromatic N) is 4. The Bertz CT molecular complexity index is 1560. The zero-order chi connectivity index (χ0) is 34.5. The number of cyclic esters (lactones) is 2. The number of carbonyl (C=O) groups is 4. The minimum Gasteiger partial charge on any atom is -0.442 e. The molecule has 2 aromatic rings. The van der Waals surface area contributed by atoms with Crippen LogP contribution in [0.3, 0.4) is 0 Å². The van der Waals surface area contributed by atoms with Gasteiger partial charge in [0.15, 0.2) is 0 Å². The number of amides is 4. The number of ether oxygens (including phenoxy) is 2. The average Bonchev–Trinajstić information content (AvgIpc) is 3.84. The van der Waals surface area contributed by atoms with E-state index in [1.54, 1.807) is 23.1 Å². The fourth-order valence-electron chi connectivity index (χ4n) is 5.67. The van der Waals surface area contributed by atoms with Crippen molar-refractivity contribution in [3.8, 4) is 0 Å². The van der Waals surface area contributed by atoms with E-state index in [1.165, 1.54) is 41.8 Å². The Kier molecular flexibility index (Phi) is 10.6. The number of aliphatic hydroxyl groups is 2. The number of rotatable bonds is 8. The number of benzene rings is 2. The molecular weight excluding hydrogens is 634 g/mol. The molecule has 0 spiro atoms. The van der Waals surface area contributed by atoms with Crippen LogP contribution in [0.25, 0.3) is 0 Å². The van der Waals surface area contributed by atoms with Crippen LogP contribution in [0.1, 0.15) is 13.8 Å². The van der Waals surface area contributed by atoms with Crippen LogP contribution in [0, 0.1) is 11.6 Å². The number of halogens is 2. The normalized spacial score (nSPS) is 23.2. The fourth-order valence-corrected chi connectivity index (χ4v) is 5.67. The average molecular weight is 673 g/mol. The number of hydrogen-bond donors (Lipinski definition) is 4. The molecule has 0 bridgehead atoms. The molecule has 0 saturated carbocycles. The van der Waals surface area contributed by atoms with E-state index in [2.05, 4.69) is 10.6 Å². The quantitative estimate of drug-likeness (QED) is 0.302. The van der Waals surface area contributed by atoms with Gasteiger partial charge in [0.05, 0.1) is 61.1 Å². The topological polar surface area (TPSA) is 164 Å². The monoisotopic (exact) mass is 672 g/mol. The molecule has 258 valence electrons. The molecule has 14 nitrogen and oxygen atoms in total. The molecule has 3 fully saturated rings. The van der Waals surface area contributed by atoms with Gasteiger partial charge in [0.2, 0.25) is 11.8 Å². The van der Waals surface area contributed by atoms with Gasteiger partial charge in [0.25, 0.3) is 0 Å². The molecular formula is C32H38F2N6O8. The highest BCUT2D eigenvalue weighted by Crippen LogP contribution is 2.31. The van der Waals surface area contributed by atoms with Gasteiger partial charge < -0.3 is 40.1 Å². The van der Waals surface area contributed by atoms with Crippen molar-refractivity contribution in [3.63, 3.8) is 0 Å². The number of carbonyl (C=O) groups excluding carboxylic acids is 4. The molecule has 6 rings (SSSR count). The molecule has 3 saturated heterocycles. The van der Waals surface area contributed by atoms with Crippen molar-refractivity contribution >= 4 is 46.8 Å². The first-order chi connectivity index (χ1) is 22.9. The summed E-state index contributed by atoms with van der Waals surface area (Å²) in [5.74, 6) is -1.34. The maximum Gasteiger partial charge on any atom is 0.414 e. The van der Waals surface area contributed by atoms with Crippen molar-refractivity contribution < 1.29 is 47.6 Å². The second-order valence-corrected chi connectivity index (χ2v) is 11.8. The number of hydrogen-bond acceptors (Lipinski definition) is 10. The van der Waals surface area contributed by atoms with Crippen molar-refractivity contribution in [2.75, 3.05) is 72.0 Å². The molecule has 4 aliphatic rings. The lowest BCUT2D eigenvalue weighted by molar-refractivity contribution is -0.120. The van der Waals surface area contributed by atoms with Crippen LogP contribution in [-0.2, 0) is 19.1 Å². The highest BCUT2D eigenvalue weighted by molar-refractivity contribution is 5.91. The maximum atomic E-state index is 14.4. The van der Waals surface area contributed by atoms with Crippen LogP contribution in [0.4, 0.5) is 41.1 Å². The van der Waals surface area contributed by atoms with Crippen LogP contribution >= 0.6 is 0 Å². The Hall–Kier alpha value is -4.96. The summed E-state index contributed by atoms with van der Waals surface area (Å²) in [6.45, 7) is 5.35. The summed E-state index contributed by atoms with van der Waals surface area (Å²) >= 11 is 0. The van der Waals surface area contributed by atoms with E-state index < -0.39 is 42.4 Å². The Morgan fingerprint density at radius 1 is 0.729 bits per heavy atom. The molecule has 4 N–H and O–H groups in total. The maximum absolute atomic E-state index is 14.4. The first-order valence-corrected chi connectivity index (χ1v) is 15.4. The molecule has 4 amide bonds. The lowest BCUT2D eigenvalue weighted by Crippen LogP contribution is -2.33. The summed E-state index contributed by atoms with van der Waals surface area (Å²) in [4.78, 5) is 51.9. The van der Waals surface area contributed by atoms with Gasteiger partial charge in [0.1, 0.15) is 23.8 Å². The Morgan fingerprint density at radius 2 is 1.15 bits per heavy atom. The van der Waals surface area contributed by atoms with Crippen LogP contribution in [0.5, 0.6) is 0 Å². The number of anilines is 4. The number of β-amino-alcohol motifs (C(OH)–C–C–N with tert-alkyl or cyclic N) is 2. The van der Waals surface area contributed by atoms with E-state index in [1.807, 2.05) is 17.1 Å². The van der Waals surface area contributed by atoms with Gasteiger partial charge >= 0.3 is 12.2 Å². The van der Waals surface area contributed by atoms with Crippen molar-refractivity contribution in [2.45, 2.75) is 38.3 Å². The summed E-state index contributed by atoms with van der Waals surface area (Å²) in [5, 5.41) is 24.4. The molecule has 16 heteroatoms. The molecule has 2 aromatic carbocycles. The van der Waals surface area contributed by atoms with Gasteiger partial charge in [-0.2, -0.15) is 0 Å². The van der Waals surface area contributed by atoms with Crippen molar-refractivity contribution in [2.24, 2.45) is 0 Å². The molecule has 0 aliphatic carbocycles. The van der Waals surface area contributed by atoms with E-state index in [4.69, 9.17) is 9.47 Å². The smallest absolute Gasteiger partial charge is 0.414 e. The third-order valence-electron chi connectivity index (χ3n) is 8.15. The summed E-state index contributed by atoms with van der Waals surface area (Å²) in [6, 6.07) is 9.02. The lowest BCUT2D eigenvalue weighted by Gasteiger charge is -2.20. The minimum atomic E-state index is -0.915. The molecule has 2 unspecified atom stereocenters. The second kappa shape index (κ2) is 14.9. The lowest BCUT2D eigenvalue weighted by atomic mass is 10.2. The zero-order valence-corrected chi connectivity index (χ0v) is 26.5. The summed E-state index contributed by atoms with van der Waals surface area (Å²) < 4.78 is 39.1. The van der Waals surface area contributed by atoms with Crippen LogP contribution in [0.2, 0.25) is 0 Å². The summed E-state index contributed by atoms with van der Waals surface area (Å²) in [5.41, 5.74) is 1.56. The SMILES string of the molecule is CC(=O)NC[C@H]1CN(c2ccc(N3CC(O)C(O)C3)c(F)c2)C(=O)O1.CC(=O)NC[C@H]1CN(c2ccc(N3CC=CC3)c(F)c2)C(=O)O1. The largest absolute Gasteiger partial charge is 0.442 e. The molecule has 48 heavy (non-hydrogen) atoms. The second-order valence-electron chi connectivity index (χ2n) is 11.8. The number of nitrogens with one attached hydrogen (secondary N) is 2. The Morgan fingerprint density at radius 3 is 1.54 bits per heavy atom. The van der Waals surface area contributed by atoms with Gasteiger partial charge in [-0.25, -0.2) is 18.4 Å². The van der Waals surface area contributed by atoms with Gasteiger partial charge in [0, 0.05) is 40.0 Å². The third-order valence-corrected chi connectivity index (χ3v) is 8.15. The summed E-state index contributed by atoms with van der Waals surface area (Å²) in [7, 11) is 0. The predicted octanol–water partition coefficient (Wildman–Crippen LogP) is 1.49. The van der Waals surface area contributed by atoms with Gasteiger partial charge in [-0.15, -0.1) is 0 Å². The molecule has 0 aromatic heterocycles. The van der Waals surface area contributed by atoms with E-state index in [-0.39, 0.29) is 62.6 Å². The van der Waals surface area contributed by atoms with Gasteiger partial charge in [-0.3, -0.25) is 19.4 Å². The molecule has 4 heterocycles. The predicted molar refractivity (Wildman–Crippen MR) is 171 cm³/mol. The van der Waals surface area contributed by atoms with E-state index in [0.29, 0.717) is 30.2 Å². The first kappa shape index (κ1) is 34.4. The molecule has 0 radical (unpaired) electrons. The summed E-state index contributed by atoms with van der Waals surface area (Å²) in [6.07, 6.45) is 0.0736. The van der Waals surface area contributed by atoms with Gasteiger partial charge in [-0.1, -0.05) is 12.2 Å². The van der Waals surface area contributed by atoms with E-state index in [9.17, 15) is 38.2 Å². The zero-order valence-electron chi connectivity index (χ0n) is 26.5. The van der Waals surface area contributed by atoms with Crippen molar-refractivity contribution in [1.82, 2.24) is 10.6 Å². The van der Waals surface area contributed by atoms with Crippen molar-refractivity contribution in [3.05, 3.63) is 60.2 Å². The molecule has 4 atom stereocenters. The highest BCUT2D eigenvalue weighted by Gasteiger charge is 2.35. The van der Waals surface area contributed by atoms with Crippen LogP contribution in [0.15, 0.2) is 48.6 Å². The van der Waals surface area contributed by atoms with Crippen LogP contribution < -0.4 is 30.2 Å². The first-order valence-electron chi connectivity index (χ1n) is 15.4. The van der Waals surface area contributed by atoms with Gasteiger partial charge in [-0.05, 0) is 36.4 Å².